The highest BCUT2D eigenvalue weighted by atomic mass is 127. The molecule has 0 heterocycles. The molecule has 0 saturated heterocycles. The van der Waals surface area contributed by atoms with Crippen LogP contribution < -0.4 is 15.4 Å². The summed E-state index contributed by atoms with van der Waals surface area (Å²) in [5.41, 5.74) is 0.902. The van der Waals surface area contributed by atoms with Crippen LogP contribution in [0.15, 0.2) is 29.3 Å². The molecule has 1 aromatic rings. The Balaban J connectivity index is 0.00000576. The normalized spacial score (nSPS) is 11.4. The third kappa shape index (κ3) is 9.52. The molecule has 2 N–H and O–H groups in total. The predicted molar refractivity (Wildman–Crippen MR) is 114 cm³/mol. The van der Waals surface area contributed by atoms with Crippen molar-refractivity contribution in [3.63, 3.8) is 0 Å². The molecule has 1 aromatic carbocycles. The number of amides is 1. The van der Waals surface area contributed by atoms with Crippen molar-refractivity contribution in [3.05, 3.63) is 29.8 Å². The Morgan fingerprint density at radius 3 is 2.32 bits per heavy atom. The van der Waals surface area contributed by atoms with E-state index in [0.29, 0.717) is 19.1 Å². The molecule has 7 heteroatoms. The number of carbonyl (C=O) groups is 1. The summed E-state index contributed by atoms with van der Waals surface area (Å²) in [6.07, 6.45) is 0. The Hall–Kier alpha value is -1.51. The van der Waals surface area contributed by atoms with Crippen LogP contribution in [0.4, 0.5) is 0 Å². The molecular weight excluding hydrogens is 431 g/mol. The van der Waals surface area contributed by atoms with Gasteiger partial charge < -0.3 is 20.3 Å². The minimum Gasteiger partial charge on any atom is -0.494 e. The van der Waals surface area contributed by atoms with Crippen LogP contribution in [0.1, 0.15) is 33.3 Å². The SMILES string of the molecule is CCOc1ccc(CN(C)C(=NC)NCC(=O)NC(C)(C)C)cc1.I. The fourth-order valence-electron chi connectivity index (χ4n) is 2.21. The molecule has 0 aliphatic rings. The standard InChI is InChI=1S/C18H30N4O2.HI/c1-7-24-15-10-8-14(9-11-15)13-22(6)17(19-5)20-12-16(23)21-18(2,3)4;/h8-11H,7,12-13H2,1-6H3,(H,19,20)(H,21,23);1H. The van der Waals surface area contributed by atoms with E-state index in [1.165, 1.54) is 0 Å². The van der Waals surface area contributed by atoms with Gasteiger partial charge in [-0.25, -0.2) is 0 Å². The number of nitrogens with zero attached hydrogens (tertiary/aromatic N) is 2. The fraction of sp³-hybridized carbons (Fsp3) is 0.556. The quantitative estimate of drug-likeness (QED) is 0.388. The molecule has 1 rings (SSSR count). The third-order valence-electron chi connectivity index (χ3n) is 3.15. The van der Waals surface area contributed by atoms with Gasteiger partial charge in [0.2, 0.25) is 5.91 Å². The van der Waals surface area contributed by atoms with Crippen LogP contribution >= 0.6 is 24.0 Å². The minimum absolute atomic E-state index is 0. The summed E-state index contributed by atoms with van der Waals surface area (Å²) in [5.74, 6) is 1.48. The lowest BCUT2D eigenvalue weighted by Gasteiger charge is -2.24. The molecule has 0 fully saturated rings. The third-order valence-corrected chi connectivity index (χ3v) is 3.15. The number of hydrogen-bond acceptors (Lipinski definition) is 3. The van der Waals surface area contributed by atoms with Gasteiger partial charge in [0.1, 0.15) is 5.75 Å². The number of rotatable bonds is 6. The maximum atomic E-state index is 11.9. The Kier molecular flexibility index (Phi) is 10.5. The minimum atomic E-state index is -0.240. The molecule has 0 aromatic heterocycles. The second kappa shape index (κ2) is 11.2. The van der Waals surface area contributed by atoms with E-state index in [1.54, 1.807) is 7.05 Å². The molecule has 0 radical (unpaired) electrons. The van der Waals surface area contributed by atoms with Gasteiger partial charge in [0, 0.05) is 26.2 Å². The van der Waals surface area contributed by atoms with Crippen LogP contribution in [-0.2, 0) is 11.3 Å². The lowest BCUT2D eigenvalue weighted by molar-refractivity contribution is -0.121. The van der Waals surface area contributed by atoms with Gasteiger partial charge in [0.15, 0.2) is 5.96 Å². The second-order valence-corrected chi connectivity index (χ2v) is 6.63. The van der Waals surface area contributed by atoms with Crippen LogP contribution in [0.2, 0.25) is 0 Å². The summed E-state index contributed by atoms with van der Waals surface area (Å²) in [7, 11) is 3.64. The number of carbonyl (C=O) groups excluding carboxylic acids is 1. The van der Waals surface area contributed by atoms with Crippen LogP contribution in [0.5, 0.6) is 5.75 Å². The largest absolute Gasteiger partial charge is 0.494 e. The van der Waals surface area contributed by atoms with Gasteiger partial charge in [0.25, 0.3) is 0 Å². The van der Waals surface area contributed by atoms with Gasteiger partial charge in [-0.2, -0.15) is 0 Å². The van der Waals surface area contributed by atoms with Gasteiger partial charge in [-0.1, -0.05) is 12.1 Å². The Bertz CT molecular complexity index is 553. The number of aliphatic imine (C=N–C) groups is 1. The van der Waals surface area contributed by atoms with E-state index in [4.69, 9.17) is 4.74 Å². The molecular formula is C18H31IN4O2. The Labute approximate surface area is 168 Å². The zero-order chi connectivity index (χ0) is 18.2. The summed E-state index contributed by atoms with van der Waals surface area (Å²) >= 11 is 0. The van der Waals surface area contributed by atoms with Gasteiger partial charge in [-0.05, 0) is 45.4 Å². The Morgan fingerprint density at radius 1 is 1.24 bits per heavy atom. The number of nitrogens with one attached hydrogen (secondary N) is 2. The van der Waals surface area contributed by atoms with Gasteiger partial charge >= 0.3 is 0 Å². The molecule has 1 amide bonds. The van der Waals surface area contributed by atoms with Crippen LogP contribution in [0.25, 0.3) is 0 Å². The highest BCUT2D eigenvalue weighted by molar-refractivity contribution is 14.0. The lowest BCUT2D eigenvalue weighted by atomic mass is 10.1. The van der Waals surface area contributed by atoms with Crippen molar-refractivity contribution in [1.82, 2.24) is 15.5 Å². The average molecular weight is 462 g/mol. The zero-order valence-electron chi connectivity index (χ0n) is 16.0. The molecule has 0 atom stereocenters. The maximum Gasteiger partial charge on any atom is 0.239 e. The Morgan fingerprint density at radius 2 is 1.84 bits per heavy atom. The van der Waals surface area contributed by atoms with Crippen molar-refractivity contribution in [1.29, 1.82) is 0 Å². The van der Waals surface area contributed by atoms with E-state index in [-0.39, 0.29) is 42.0 Å². The smallest absolute Gasteiger partial charge is 0.239 e. The van der Waals surface area contributed by atoms with Crippen molar-refractivity contribution in [3.8, 4) is 5.75 Å². The average Bonchev–Trinajstić information content (AvgIpc) is 2.48. The van der Waals surface area contributed by atoms with E-state index >= 15 is 0 Å². The first-order chi connectivity index (χ1) is 11.2. The van der Waals surface area contributed by atoms with Crippen molar-refractivity contribution < 1.29 is 9.53 Å². The van der Waals surface area contributed by atoms with Crippen molar-refractivity contribution in [2.75, 3.05) is 27.2 Å². The van der Waals surface area contributed by atoms with Crippen molar-refractivity contribution in [2.45, 2.75) is 39.8 Å². The first-order valence-electron chi connectivity index (χ1n) is 8.19. The molecule has 0 bridgehead atoms. The molecule has 0 aliphatic carbocycles. The number of hydrogen-bond donors (Lipinski definition) is 2. The highest BCUT2D eigenvalue weighted by Crippen LogP contribution is 2.13. The zero-order valence-corrected chi connectivity index (χ0v) is 18.4. The highest BCUT2D eigenvalue weighted by Gasteiger charge is 2.14. The molecule has 25 heavy (non-hydrogen) atoms. The summed E-state index contributed by atoms with van der Waals surface area (Å²) in [6, 6.07) is 7.97. The summed E-state index contributed by atoms with van der Waals surface area (Å²) in [6.45, 7) is 9.37. The second-order valence-electron chi connectivity index (χ2n) is 6.63. The number of ether oxygens (including phenoxy) is 1. The molecule has 0 aliphatic heterocycles. The lowest BCUT2D eigenvalue weighted by Crippen LogP contribution is -2.48. The summed E-state index contributed by atoms with van der Waals surface area (Å²) < 4.78 is 5.44. The van der Waals surface area contributed by atoms with E-state index in [0.717, 1.165) is 11.3 Å². The van der Waals surface area contributed by atoms with Crippen LogP contribution in [0.3, 0.4) is 0 Å². The van der Waals surface area contributed by atoms with E-state index < -0.39 is 0 Å². The van der Waals surface area contributed by atoms with E-state index in [2.05, 4.69) is 15.6 Å². The first-order valence-corrected chi connectivity index (χ1v) is 8.19. The van der Waals surface area contributed by atoms with Crippen LogP contribution in [0, 0.1) is 0 Å². The summed E-state index contributed by atoms with van der Waals surface area (Å²) in [5, 5.41) is 6.00. The maximum absolute atomic E-state index is 11.9. The predicted octanol–water partition coefficient (Wildman–Crippen LogP) is 2.63. The van der Waals surface area contributed by atoms with Crippen molar-refractivity contribution >= 4 is 35.8 Å². The van der Waals surface area contributed by atoms with E-state index in [1.807, 2.05) is 63.9 Å². The van der Waals surface area contributed by atoms with Crippen LogP contribution in [-0.4, -0.2) is 49.6 Å². The number of halogens is 1. The fourth-order valence-corrected chi connectivity index (χ4v) is 2.21. The molecule has 0 saturated carbocycles. The first kappa shape index (κ1) is 23.5. The molecule has 142 valence electrons. The van der Waals surface area contributed by atoms with Gasteiger partial charge in [-0.3, -0.25) is 9.79 Å². The van der Waals surface area contributed by atoms with Crippen molar-refractivity contribution in [2.24, 2.45) is 4.99 Å². The number of benzene rings is 1. The van der Waals surface area contributed by atoms with Gasteiger partial charge in [0.05, 0.1) is 13.2 Å². The molecule has 6 nitrogen and oxygen atoms in total. The monoisotopic (exact) mass is 462 g/mol. The molecule has 0 spiro atoms. The molecule has 0 unspecified atom stereocenters. The number of guanidine groups is 1. The topological polar surface area (TPSA) is 66.0 Å². The van der Waals surface area contributed by atoms with Gasteiger partial charge in [-0.15, -0.1) is 24.0 Å². The summed E-state index contributed by atoms with van der Waals surface area (Å²) in [4.78, 5) is 18.1. The van der Waals surface area contributed by atoms with E-state index in [9.17, 15) is 4.79 Å².